The minimum Gasteiger partial charge on any atom is -0.361 e. The van der Waals surface area contributed by atoms with Gasteiger partial charge >= 0.3 is 6.18 Å². The first kappa shape index (κ1) is 18.0. The van der Waals surface area contributed by atoms with E-state index in [2.05, 4.69) is 5.16 Å². The highest BCUT2D eigenvalue weighted by Gasteiger charge is 2.36. The van der Waals surface area contributed by atoms with E-state index in [0.717, 1.165) is 12.1 Å². The van der Waals surface area contributed by atoms with Gasteiger partial charge in [0.15, 0.2) is 0 Å². The normalized spacial score (nSPS) is 12.3. The molecule has 0 saturated carbocycles. The molecule has 0 bridgehead atoms. The highest BCUT2D eigenvalue weighted by molar-refractivity contribution is 5.87. The summed E-state index contributed by atoms with van der Waals surface area (Å²) < 4.78 is 43.6. The number of rotatable bonds is 4. The van der Waals surface area contributed by atoms with Crippen LogP contribution in [0.4, 0.5) is 13.2 Å². The van der Waals surface area contributed by atoms with Gasteiger partial charge in [-0.25, -0.2) is 0 Å². The molecule has 1 heterocycles. The van der Waals surface area contributed by atoms with E-state index in [0.29, 0.717) is 17.0 Å². The number of carbonyl (C=O) groups excluding carboxylic acids is 1. The summed E-state index contributed by atoms with van der Waals surface area (Å²) in [5.41, 5.74) is -0.973. The molecule has 0 atom stereocenters. The van der Waals surface area contributed by atoms with Crippen LogP contribution in [0, 0.1) is 6.92 Å². The Bertz CT molecular complexity index is 735. The van der Waals surface area contributed by atoms with Crippen LogP contribution in [-0.2, 0) is 22.9 Å². The van der Waals surface area contributed by atoms with Gasteiger partial charge < -0.3 is 9.42 Å². The topological polar surface area (TPSA) is 46.3 Å². The fraction of sp³-hybridized carbons (Fsp3) is 0.412. The molecule has 24 heavy (non-hydrogen) atoms. The lowest BCUT2D eigenvalue weighted by atomic mass is 9.82. The van der Waals surface area contributed by atoms with Crippen molar-refractivity contribution >= 4 is 5.91 Å². The van der Waals surface area contributed by atoms with Crippen LogP contribution in [0.5, 0.6) is 0 Å². The molecule has 0 spiro atoms. The Morgan fingerprint density at radius 2 is 1.83 bits per heavy atom. The molecule has 1 aromatic heterocycles. The van der Waals surface area contributed by atoms with Gasteiger partial charge in [0.25, 0.3) is 0 Å². The van der Waals surface area contributed by atoms with E-state index in [4.69, 9.17) is 4.52 Å². The Morgan fingerprint density at radius 3 is 2.38 bits per heavy atom. The number of benzene rings is 1. The molecule has 0 aliphatic rings. The molecule has 0 radical (unpaired) electrons. The number of amides is 1. The number of alkyl halides is 3. The van der Waals surface area contributed by atoms with E-state index in [1.54, 1.807) is 33.9 Å². The van der Waals surface area contributed by atoms with Crippen LogP contribution in [0.2, 0.25) is 0 Å². The lowest BCUT2D eigenvalue weighted by Gasteiger charge is -2.30. The van der Waals surface area contributed by atoms with Crippen LogP contribution < -0.4 is 0 Å². The maximum Gasteiger partial charge on any atom is 0.416 e. The summed E-state index contributed by atoms with van der Waals surface area (Å²) in [4.78, 5) is 14.2. The third-order valence-electron chi connectivity index (χ3n) is 3.87. The van der Waals surface area contributed by atoms with E-state index >= 15 is 0 Å². The molecule has 7 heteroatoms. The van der Waals surface area contributed by atoms with Gasteiger partial charge in [-0.15, -0.1) is 0 Å². The number of hydrogen-bond donors (Lipinski definition) is 0. The highest BCUT2D eigenvalue weighted by atomic mass is 19.4. The van der Waals surface area contributed by atoms with Crippen LogP contribution in [-0.4, -0.2) is 23.0 Å². The summed E-state index contributed by atoms with van der Waals surface area (Å²) >= 11 is 0. The predicted molar refractivity (Wildman–Crippen MR) is 82.2 cm³/mol. The molecule has 0 aliphatic carbocycles. The van der Waals surface area contributed by atoms with Crippen molar-refractivity contribution < 1.29 is 22.5 Å². The number of halogens is 3. The molecular formula is C17H19F3N2O2. The Morgan fingerprint density at radius 1 is 1.21 bits per heavy atom. The van der Waals surface area contributed by atoms with Gasteiger partial charge in [0.2, 0.25) is 5.91 Å². The molecule has 0 fully saturated rings. The van der Waals surface area contributed by atoms with E-state index in [-0.39, 0.29) is 12.5 Å². The van der Waals surface area contributed by atoms with Crippen molar-refractivity contribution in [2.75, 3.05) is 7.05 Å². The minimum atomic E-state index is -4.45. The van der Waals surface area contributed by atoms with Crippen molar-refractivity contribution in [2.24, 2.45) is 0 Å². The van der Waals surface area contributed by atoms with Crippen molar-refractivity contribution in [1.82, 2.24) is 10.1 Å². The zero-order valence-corrected chi connectivity index (χ0v) is 13.9. The van der Waals surface area contributed by atoms with Crippen LogP contribution in [0.3, 0.4) is 0 Å². The Hall–Kier alpha value is -2.31. The quantitative estimate of drug-likeness (QED) is 0.847. The number of aromatic nitrogens is 1. The Balaban J connectivity index is 2.23. The molecule has 1 amide bonds. The number of carbonyl (C=O) groups is 1. The molecule has 0 saturated heterocycles. The Labute approximate surface area is 138 Å². The lowest BCUT2D eigenvalue weighted by Crippen LogP contribution is -2.41. The summed E-state index contributed by atoms with van der Waals surface area (Å²) in [6.07, 6.45) is -4.45. The summed E-state index contributed by atoms with van der Waals surface area (Å²) in [7, 11) is 1.59. The molecule has 130 valence electrons. The van der Waals surface area contributed by atoms with Gasteiger partial charge in [0, 0.05) is 13.1 Å². The average Bonchev–Trinajstić information content (AvgIpc) is 2.90. The smallest absolute Gasteiger partial charge is 0.361 e. The van der Waals surface area contributed by atoms with Crippen molar-refractivity contribution in [1.29, 1.82) is 0 Å². The second-order valence-electron chi connectivity index (χ2n) is 6.29. The fourth-order valence-corrected chi connectivity index (χ4v) is 2.49. The molecule has 2 aromatic rings. The van der Waals surface area contributed by atoms with Gasteiger partial charge in [-0.3, -0.25) is 4.79 Å². The summed E-state index contributed by atoms with van der Waals surface area (Å²) in [5.74, 6) is 0.325. The fourth-order valence-electron chi connectivity index (χ4n) is 2.49. The van der Waals surface area contributed by atoms with Gasteiger partial charge in [-0.1, -0.05) is 23.4 Å². The molecule has 0 unspecified atom stereocenters. The first-order valence-electron chi connectivity index (χ1n) is 7.37. The third-order valence-corrected chi connectivity index (χ3v) is 3.87. The maximum absolute atomic E-state index is 12.9. The monoisotopic (exact) mass is 340 g/mol. The van der Waals surface area contributed by atoms with Crippen LogP contribution in [0.1, 0.15) is 36.4 Å². The number of hydrogen-bond acceptors (Lipinski definition) is 3. The van der Waals surface area contributed by atoms with Gasteiger partial charge in [0.1, 0.15) is 11.5 Å². The largest absolute Gasteiger partial charge is 0.416 e. The molecule has 1 aromatic carbocycles. The molecular weight excluding hydrogens is 321 g/mol. The van der Waals surface area contributed by atoms with E-state index in [1.807, 2.05) is 0 Å². The van der Waals surface area contributed by atoms with Crippen molar-refractivity contribution in [3.8, 4) is 0 Å². The number of aryl methyl sites for hydroxylation is 1. The SMILES string of the molecule is Cc1cc(CN(C)C(=O)C(C)(C)c2cccc(C(F)(F)F)c2)no1. The number of nitrogens with zero attached hydrogens (tertiary/aromatic N) is 2. The first-order valence-corrected chi connectivity index (χ1v) is 7.37. The van der Waals surface area contributed by atoms with Crippen molar-refractivity contribution in [3.63, 3.8) is 0 Å². The van der Waals surface area contributed by atoms with Gasteiger partial charge in [-0.2, -0.15) is 13.2 Å². The van der Waals surface area contributed by atoms with E-state index < -0.39 is 17.2 Å². The third kappa shape index (κ3) is 3.77. The standard InChI is InChI=1S/C17H19F3N2O2/c1-11-8-14(21-24-11)10-22(4)15(23)16(2,3)12-6-5-7-13(9-12)17(18,19)20/h5-9H,10H2,1-4H3. The summed E-state index contributed by atoms with van der Waals surface area (Å²) in [6, 6.07) is 6.56. The van der Waals surface area contributed by atoms with Crippen LogP contribution >= 0.6 is 0 Å². The Kier molecular flexibility index (Phi) is 4.73. The summed E-state index contributed by atoms with van der Waals surface area (Å²) in [6.45, 7) is 5.17. The second-order valence-corrected chi connectivity index (χ2v) is 6.29. The second kappa shape index (κ2) is 6.30. The van der Waals surface area contributed by atoms with Gasteiger partial charge in [0.05, 0.1) is 17.5 Å². The first-order chi connectivity index (χ1) is 11.0. The van der Waals surface area contributed by atoms with Crippen LogP contribution in [0.25, 0.3) is 0 Å². The molecule has 4 nitrogen and oxygen atoms in total. The summed E-state index contributed by atoms with van der Waals surface area (Å²) in [5, 5.41) is 3.82. The van der Waals surface area contributed by atoms with E-state index in [9.17, 15) is 18.0 Å². The molecule has 2 rings (SSSR count). The average molecular weight is 340 g/mol. The van der Waals surface area contributed by atoms with Crippen molar-refractivity contribution in [3.05, 3.63) is 52.9 Å². The van der Waals surface area contributed by atoms with Crippen molar-refractivity contribution in [2.45, 2.75) is 38.9 Å². The molecule has 0 N–H and O–H groups in total. The van der Waals surface area contributed by atoms with Crippen LogP contribution in [0.15, 0.2) is 34.9 Å². The minimum absolute atomic E-state index is 0.221. The number of likely N-dealkylation sites (N-methyl/N-ethyl adjacent to an activating group) is 1. The van der Waals surface area contributed by atoms with E-state index in [1.165, 1.54) is 17.0 Å². The highest BCUT2D eigenvalue weighted by Crippen LogP contribution is 2.33. The zero-order chi connectivity index (χ0) is 18.1. The van der Waals surface area contributed by atoms with Gasteiger partial charge in [-0.05, 0) is 32.4 Å². The lowest BCUT2D eigenvalue weighted by molar-refractivity contribution is -0.138. The zero-order valence-electron chi connectivity index (χ0n) is 13.9. The molecule has 0 aliphatic heterocycles. The maximum atomic E-state index is 12.9. The predicted octanol–water partition coefficient (Wildman–Crippen LogP) is 3.94.